The molecular weight excluding hydrogens is 320 g/mol. The quantitative estimate of drug-likeness (QED) is 0.713. The number of thiophene rings is 1. The molecule has 3 N–H and O–H groups in total. The van der Waals surface area contributed by atoms with Crippen LogP contribution in [0.15, 0.2) is 5.38 Å². The van der Waals surface area contributed by atoms with E-state index in [0.29, 0.717) is 18.4 Å². The van der Waals surface area contributed by atoms with Crippen molar-refractivity contribution in [2.75, 3.05) is 0 Å². The van der Waals surface area contributed by atoms with Crippen LogP contribution in [0.1, 0.15) is 33.6 Å². The molecule has 23 heavy (non-hydrogen) atoms. The summed E-state index contributed by atoms with van der Waals surface area (Å²) in [5, 5.41) is 11.0. The summed E-state index contributed by atoms with van der Waals surface area (Å²) < 4.78 is 5.54. The number of hydrazine groups is 1. The van der Waals surface area contributed by atoms with Crippen molar-refractivity contribution in [3.8, 4) is 0 Å². The fraction of sp³-hybridized carbons (Fsp3) is 0.533. The second-order valence-corrected chi connectivity index (χ2v) is 7.04. The van der Waals surface area contributed by atoms with Crippen molar-refractivity contribution >= 4 is 29.1 Å². The lowest BCUT2D eigenvalue weighted by molar-refractivity contribution is -0.148. The van der Waals surface area contributed by atoms with E-state index in [1.54, 1.807) is 5.38 Å². The molecule has 2 fully saturated rings. The van der Waals surface area contributed by atoms with Crippen molar-refractivity contribution in [3.63, 3.8) is 0 Å². The number of carbonyl (C=O) groups is 3. The third-order valence-electron chi connectivity index (χ3n) is 4.69. The zero-order valence-corrected chi connectivity index (χ0v) is 13.6. The number of amides is 2. The molecule has 8 heteroatoms. The lowest BCUT2D eigenvalue weighted by atomic mass is 9.79. The molecule has 3 rings (SSSR count). The van der Waals surface area contributed by atoms with Crippen LogP contribution in [0.4, 0.5) is 0 Å². The normalized spacial score (nSPS) is 28.6. The molecule has 2 aliphatic heterocycles. The van der Waals surface area contributed by atoms with Crippen LogP contribution in [-0.2, 0) is 14.3 Å². The number of carbonyl (C=O) groups excluding carboxylic acids is 2. The summed E-state index contributed by atoms with van der Waals surface area (Å²) in [7, 11) is 0. The van der Waals surface area contributed by atoms with Gasteiger partial charge in [0.2, 0.25) is 5.91 Å². The largest absolute Gasteiger partial charge is 0.481 e. The van der Waals surface area contributed by atoms with Gasteiger partial charge in [0.25, 0.3) is 5.91 Å². The van der Waals surface area contributed by atoms with E-state index in [1.165, 1.54) is 11.3 Å². The molecule has 2 saturated heterocycles. The molecule has 1 aromatic heterocycles. The van der Waals surface area contributed by atoms with E-state index in [-0.39, 0.29) is 6.10 Å². The molecule has 3 heterocycles. The van der Waals surface area contributed by atoms with Crippen LogP contribution < -0.4 is 10.9 Å². The van der Waals surface area contributed by atoms with Crippen molar-refractivity contribution in [3.05, 3.63) is 21.4 Å². The average molecular weight is 338 g/mol. The molecule has 0 unspecified atom stereocenters. The highest BCUT2D eigenvalue weighted by Crippen LogP contribution is 2.43. The third kappa shape index (κ3) is 2.72. The summed E-state index contributed by atoms with van der Waals surface area (Å²) in [4.78, 5) is 36.8. The monoisotopic (exact) mass is 338 g/mol. The van der Waals surface area contributed by atoms with Crippen molar-refractivity contribution in [1.29, 1.82) is 0 Å². The highest BCUT2D eigenvalue weighted by atomic mass is 32.1. The Kier molecular flexibility index (Phi) is 4.11. The molecule has 0 spiro atoms. The smallest absolute Gasteiger partial charge is 0.310 e. The second-order valence-electron chi connectivity index (χ2n) is 5.95. The molecule has 1 aromatic rings. The predicted molar refractivity (Wildman–Crippen MR) is 81.9 cm³/mol. The standard InChI is InChI=1S/C15H18N2O5S/c1-6-7(2)23-5-8(6)13(18)16-17-14(19)11-9-3-4-10(22-9)12(11)15(20)21/h5,9-12H,3-4H2,1-2H3,(H,16,18)(H,17,19)(H,20,21)/t9-,10-,11-,12+/m1/s1. The SMILES string of the molecule is Cc1scc(C(=O)NNC(=O)[C@H]2[C@@H](C(=O)O)[C@H]3CC[C@H]2O3)c1C. The molecule has 124 valence electrons. The van der Waals surface area contributed by atoms with Gasteiger partial charge in [-0.2, -0.15) is 0 Å². The Balaban J connectivity index is 1.64. The number of carboxylic acids is 1. The van der Waals surface area contributed by atoms with E-state index in [9.17, 15) is 19.5 Å². The molecule has 0 aliphatic carbocycles. The summed E-state index contributed by atoms with van der Waals surface area (Å²) >= 11 is 1.46. The van der Waals surface area contributed by atoms with Gasteiger partial charge in [-0.15, -0.1) is 11.3 Å². The number of hydrogen-bond donors (Lipinski definition) is 3. The van der Waals surface area contributed by atoms with E-state index < -0.39 is 35.7 Å². The molecule has 0 saturated carbocycles. The summed E-state index contributed by atoms with van der Waals surface area (Å²) in [6, 6.07) is 0. The third-order valence-corrected chi connectivity index (χ3v) is 5.70. The molecule has 0 aromatic carbocycles. The van der Waals surface area contributed by atoms with E-state index >= 15 is 0 Å². The zero-order valence-electron chi connectivity index (χ0n) is 12.8. The second kappa shape index (κ2) is 5.93. The van der Waals surface area contributed by atoms with Crippen molar-refractivity contribution < 1.29 is 24.2 Å². The Hall–Kier alpha value is -1.93. The van der Waals surface area contributed by atoms with Gasteiger partial charge in [-0.1, -0.05) is 0 Å². The van der Waals surface area contributed by atoms with Crippen molar-refractivity contribution in [2.45, 2.75) is 38.9 Å². The maximum Gasteiger partial charge on any atom is 0.310 e. The Morgan fingerprint density at radius 2 is 1.83 bits per heavy atom. The van der Waals surface area contributed by atoms with Crippen LogP contribution in [0.5, 0.6) is 0 Å². The number of rotatable bonds is 3. The van der Waals surface area contributed by atoms with Gasteiger partial charge in [-0.3, -0.25) is 25.2 Å². The van der Waals surface area contributed by atoms with Crippen LogP contribution >= 0.6 is 11.3 Å². The van der Waals surface area contributed by atoms with E-state index in [0.717, 1.165) is 10.4 Å². The topological polar surface area (TPSA) is 105 Å². The zero-order chi connectivity index (χ0) is 16.7. The van der Waals surface area contributed by atoms with Gasteiger partial charge in [-0.05, 0) is 32.3 Å². The van der Waals surface area contributed by atoms with Gasteiger partial charge in [-0.25, -0.2) is 0 Å². The molecular formula is C15H18N2O5S. The number of fused-ring (bicyclic) bond motifs is 2. The minimum absolute atomic E-state index is 0.386. The molecule has 0 radical (unpaired) electrons. The van der Waals surface area contributed by atoms with E-state index in [4.69, 9.17) is 4.74 Å². The molecule has 7 nitrogen and oxygen atoms in total. The Morgan fingerprint density at radius 3 is 2.39 bits per heavy atom. The lowest BCUT2D eigenvalue weighted by Gasteiger charge is -2.23. The lowest BCUT2D eigenvalue weighted by Crippen LogP contribution is -2.50. The van der Waals surface area contributed by atoms with Gasteiger partial charge in [0, 0.05) is 10.3 Å². The molecule has 2 bridgehead atoms. The van der Waals surface area contributed by atoms with Gasteiger partial charge < -0.3 is 9.84 Å². The van der Waals surface area contributed by atoms with E-state index in [2.05, 4.69) is 10.9 Å². The molecule has 2 amide bonds. The molecule has 2 aliphatic rings. The first kappa shape index (κ1) is 15.9. The minimum atomic E-state index is -1.03. The maximum absolute atomic E-state index is 12.3. The summed E-state index contributed by atoms with van der Waals surface area (Å²) in [6.07, 6.45) is 0.530. The Morgan fingerprint density at radius 1 is 1.17 bits per heavy atom. The first-order valence-corrected chi connectivity index (χ1v) is 8.31. The summed E-state index contributed by atoms with van der Waals surface area (Å²) in [6.45, 7) is 3.76. The van der Waals surface area contributed by atoms with Gasteiger partial charge in [0.15, 0.2) is 0 Å². The van der Waals surface area contributed by atoms with E-state index in [1.807, 2.05) is 13.8 Å². The fourth-order valence-corrected chi connectivity index (χ4v) is 4.20. The highest BCUT2D eigenvalue weighted by molar-refractivity contribution is 7.10. The number of aryl methyl sites for hydroxylation is 1. The number of ether oxygens (including phenoxy) is 1. The number of carboxylic acid groups (broad SMARTS) is 1. The minimum Gasteiger partial charge on any atom is -0.481 e. The van der Waals surface area contributed by atoms with Crippen LogP contribution in [-0.4, -0.2) is 35.1 Å². The number of aliphatic carboxylic acids is 1. The van der Waals surface area contributed by atoms with Gasteiger partial charge in [0.1, 0.15) is 0 Å². The molecule has 4 atom stereocenters. The number of nitrogens with one attached hydrogen (secondary N) is 2. The van der Waals surface area contributed by atoms with Crippen LogP contribution in [0.3, 0.4) is 0 Å². The van der Waals surface area contributed by atoms with Crippen LogP contribution in [0.2, 0.25) is 0 Å². The van der Waals surface area contributed by atoms with Crippen molar-refractivity contribution in [1.82, 2.24) is 10.9 Å². The summed E-state index contributed by atoms with van der Waals surface area (Å²) in [5.41, 5.74) is 6.10. The fourth-order valence-electron chi connectivity index (χ4n) is 3.33. The average Bonchev–Trinajstić information content (AvgIpc) is 3.20. The summed E-state index contributed by atoms with van der Waals surface area (Å²) in [5.74, 6) is -3.57. The van der Waals surface area contributed by atoms with Gasteiger partial charge >= 0.3 is 5.97 Å². The highest BCUT2D eigenvalue weighted by Gasteiger charge is 2.55. The first-order chi connectivity index (χ1) is 10.9. The predicted octanol–water partition coefficient (Wildman–Crippen LogP) is 1.00. The Bertz CT molecular complexity index is 671. The van der Waals surface area contributed by atoms with Crippen LogP contribution in [0, 0.1) is 25.7 Å². The Labute approximate surface area is 137 Å². The number of hydrogen-bond acceptors (Lipinski definition) is 5. The maximum atomic E-state index is 12.3. The van der Waals surface area contributed by atoms with Crippen LogP contribution in [0.25, 0.3) is 0 Å². The van der Waals surface area contributed by atoms with Crippen molar-refractivity contribution in [2.24, 2.45) is 11.8 Å². The van der Waals surface area contributed by atoms with Gasteiger partial charge in [0.05, 0.1) is 29.6 Å². The first-order valence-electron chi connectivity index (χ1n) is 7.43.